The average molecular weight is 216 g/mol. The van der Waals surface area contributed by atoms with Crippen molar-refractivity contribution >= 4 is 17.9 Å². The summed E-state index contributed by atoms with van der Waals surface area (Å²) in [4.78, 5) is 32.5. The lowest BCUT2D eigenvalue weighted by atomic mass is 9.85. The molecule has 86 valence electrons. The molecule has 0 fully saturated rings. The fraction of sp³-hybridized carbons (Fsp3) is 0.667. The molecule has 3 amide bonds. The Bertz CT molecular complexity index is 273. The van der Waals surface area contributed by atoms with Crippen LogP contribution in [-0.2, 0) is 9.59 Å². The number of carboxylic acid groups (broad SMARTS) is 1. The van der Waals surface area contributed by atoms with Crippen molar-refractivity contribution < 1.29 is 19.5 Å². The van der Waals surface area contributed by atoms with Crippen molar-refractivity contribution in [3.8, 4) is 0 Å². The predicted octanol–water partition coefficient (Wildman–Crippen LogP) is 0.333. The maximum Gasteiger partial charge on any atom is 0.321 e. The highest BCUT2D eigenvalue weighted by atomic mass is 16.4. The van der Waals surface area contributed by atoms with E-state index in [-0.39, 0.29) is 12.8 Å². The minimum atomic E-state index is -0.965. The van der Waals surface area contributed by atoms with Crippen LogP contribution in [0.2, 0.25) is 0 Å². The fourth-order valence-electron chi connectivity index (χ4n) is 1.14. The molecule has 0 bridgehead atoms. The monoisotopic (exact) mass is 216 g/mol. The molecule has 6 heteroatoms. The van der Waals surface area contributed by atoms with Crippen molar-refractivity contribution in [1.82, 2.24) is 10.6 Å². The Balaban J connectivity index is 4.15. The van der Waals surface area contributed by atoms with Crippen molar-refractivity contribution in [2.75, 3.05) is 7.05 Å². The molecular formula is C9H16N2O4. The second kappa shape index (κ2) is 5.33. The van der Waals surface area contributed by atoms with Gasteiger partial charge in [0, 0.05) is 13.5 Å². The number of aliphatic carboxylic acids is 1. The topological polar surface area (TPSA) is 95.5 Å². The molecule has 0 aromatic carbocycles. The summed E-state index contributed by atoms with van der Waals surface area (Å²) in [6.07, 6.45) is -0.124. The van der Waals surface area contributed by atoms with Gasteiger partial charge >= 0.3 is 12.0 Å². The van der Waals surface area contributed by atoms with Gasteiger partial charge in [-0.3, -0.25) is 14.9 Å². The Hall–Kier alpha value is -1.59. The number of imide groups is 1. The molecule has 0 saturated carbocycles. The molecule has 0 spiro atoms. The van der Waals surface area contributed by atoms with E-state index in [4.69, 9.17) is 5.11 Å². The fourth-order valence-corrected chi connectivity index (χ4v) is 1.14. The number of carboxylic acids is 1. The molecule has 0 aliphatic carbocycles. The molecule has 0 aliphatic rings. The van der Waals surface area contributed by atoms with Gasteiger partial charge in [-0.25, -0.2) is 4.79 Å². The molecule has 0 radical (unpaired) electrons. The van der Waals surface area contributed by atoms with Gasteiger partial charge < -0.3 is 10.4 Å². The third-order valence-corrected chi connectivity index (χ3v) is 1.75. The molecule has 0 aromatic heterocycles. The molecule has 0 aromatic rings. The van der Waals surface area contributed by atoms with E-state index >= 15 is 0 Å². The van der Waals surface area contributed by atoms with Crippen LogP contribution in [0.1, 0.15) is 26.7 Å². The highest BCUT2D eigenvalue weighted by molar-refractivity contribution is 5.94. The number of carbonyl (C=O) groups excluding carboxylic acids is 2. The maximum absolute atomic E-state index is 11.2. The van der Waals surface area contributed by atoms with E-state index in [2.05, 4.69) is 10.6 Å². The van der Waals surface area contributed by atoms with Gasteiger partial charge in [0.25, 0.3) is 0 Å². The third-order valence-electron chi connectivity index (χ3n) is 1.75. The third kappa shape index (κ3) is 6.48. The summed E-state index contributed by atoms with van der Waals surface area (Å²) in [6, 6.07) is -0.592. The molecule has 15 heavy (non-hydrogen) atoms. The summed E-state index contributed by atoms with van der Waals surface area (Å²) in [6.45, 7) is 3.31. The van der Waals surface area contributed by atoms with E-state index in [1.165, 1.54) is 7.05 Å². The van der Waals surface area contributed by atoms with Gasteiger partial charge in [0.15, 0.2) is 0 Å². The Morgan fingerprint density at radius 1 is 1.20 bits per heavy atom. The molecule has 0 unspecified atom stereocenters. The number of rotatable bonds is 4. The lowest BCUT2D eigenvalue weighted by molar-refractivity contribution is -0.139. The van der Waals surface area contributed by atoms with Crippen molar-refractivity contribution in [3.63, 3.8) is 0 Å². The molecular weight excluding hydrogens is 200 g/mol. The predicted molar refractivity (Wildman–Crippen MR) is 53.2 cm³/mol. The van der Waals surface area contributed by atoms with E-state index in [1.807, 2.05) is 0 Å². The SMILES string of the molecule is CNC(=O)NC(=O)CC(C)(C)CC(=O)O. The van der Waals surface area contributed by atoms with E-state index in [1.54, 1.807) is 13.8 Å². The lowest BCUT2D eigenvalue weighted by Crippen LogP contribution is -2.39. The second-order valence-electron chi connectivity index (χ2n) is 4.04. The van der Waals surface area contributed by atoms with Gasteiger partial charge in [-0.05, 0) is 5.41 Å². The minimum Gasteiger partial charge on any atom is -0.481 e. The van der Waals surface area contributed by atoms with Gasteiger partial charge in [0.05, 0.1) is 6.42 Å². The number of hydrogen-bond donors (Lipinski definition) is 3. The average Bonchev–Trinajstić information content (AvgIpc) is 1.99. The quantitative estimate of drug-likeness (QED) is 0.631. The van der Waals surface area contributed by atoms with Crippen LogP contribution >= 0.6 is 0 Å². The molecule has 0 atom stereocenters. The molecule has 3 N–H and O–H groups in total. The Morgan fingerprint density at radius 3 is 2.13 bits per heavy atom. The summed E-state index contributed by atoms with van der Waals surface area (Å²) < 4.78 is 0. The van der Waals surface area contributed by atoms with Gasteiger partial charge in [0.1, 0.15) is 0 Å². The van der Waals surface area contributed by atoms with E-state index in [9.17, 15) is 14.4 Å². The van der Waals surface area contributed by atoms with E-state index in [0.29, 0.717) is 0 Å². The lowest BCUT2D eigenvalue weighted by Gasteiger charge is -2.20. The Morgan fingerprint density at radius 2 is 1.73 bits per heavy atom. The molecule has 6 nitrogen and oxygen atoms in total. The summed E-state index contributed by atoms with van der Waals surface area (Å²) in [7, 11) is 1.39. The Kier molecular flexibility index (Phi) is 4.77. The number of hydrogen-bond acceptors (Lipinski definition) is 3. The zero-order valence-corrected chi connectivity index (χ0v) is 9.09. The van der Waals surface area contributed by atoms with Gasteiger partial charge in [-0.2, -0.15) is 0 Å². The minimum absolute atomic E-state index is 0.00722. The van der Waals surface area contributed by atoms with E-state index < -0.39 is 23.3 Å². The smallest absolute Gasteiger partial charge is 0.321 e. The van der Waals surface area contributed by atoms with Crippen LogP contribution in [0.25, 0.3) is 0 Å². The summed E-state index contributed by atoms with van der Waals surface area (Å²) in [5, 5.41) is 12.9. The highest BCUT2D eigenvalue weighted by Gasteiger charge is 2.25. The summed E-state index contributed by atoms with van der Waals surface area (Å²) >= 11 is 0. The van der Waals surface area contributed by atoms with Crippen molar-refractivity contribution in [2.45, 2.75) is 26.7 Å². The Labute approximate surface area is 88.0 Å². The van der Waals surface area contributed by atoms with Crippen LogP contribution in [0.4, 0.5) is 4.79 Å². The van der Waals surface area contributed by atoms with Crippen molar-refractivity contribution in [2.24, 2.45) is 5.41 Å². The molecule has 0 aliphatic heterocycles. The zero-order chi connectivity index (χ0) is 12.1. The zero-order valence-electron chi connectivity index (χ0n) is 9.09. The van der Waals surface area contributed by atoms with E-state index in [0.717, 1.165) is 0 Å². The number of amides is 3. The first-order valence-electron chi connectivity index (χ1n) is 4.50. The summed E-state index contributed by atoms with van der Waals surface area (Å²) in [5.74, 6) is -1.45. The number of urea groups is 1. The van der Waals surface area contributed by atoms with Crippen LogP contribution in [0.15, 0.2) is 0 Å². The molecule has 0 saturated heterocycles. The van der Waals surface area contributed by atoms with Gasteiger partial charge in [-0.15, -0.1) is 0 Å². The second-order valence-corrected chi connectivity index (χ2v) is 4.04. The maximum atomic E-state index is 11.2. The van der Waals surface area contributed by atoms with Crippen molar-refractivity contribution in [3.05, 3.63) is 0 Å². The van der Waals surface area contributed by atoms with Crippen molar-refractivity contribution in [1.29, 1.82) is 0 Å². The van der Waals surface area contributed by atoms with Gasteiger partial charge in [-0.1, -0.05) is 13.8 Å². The van der Waals surface area contributed by atoms with Crippen LogP contribution in [0, 0.1) is 5.41 Å². The first-order valence-corrected chi connectivity index (χ1v) is 4.50. The first-order chi connectivity index (χ1) is 6.76. The van der Waals surface area contributed by atoms with Gasteiger partial charge in [0.2, 0.25) is 5.91 Å². The first kappa shape index (κ1) is 13.4. The molecule has 0 heterocycles. The standard InChI is InChI=1S/C9H16N2O4/c1-9(2,5-7(13)14)4-6(12)11-8(15)10-3/h4-5H2,1-3H3,(H,13,14)(H2,10,11,12,15). The molecule has 0 rings (SSSR count). The highest BCUT2D eigenvalue weighted by Crippen LogP contribution is 2.24. The number of nitrogens with one attached hydrogen (secondary N) is 2. The van der Waals surface area contributed by atoms with Crippen LogP contribution in [0.5, 0.6) is 0 Å². The van der Waals surface area contributed by atoms with Crippen LogP contribution in [0.3, 0.4) is 0 Å². The number of carbonyl (C=O) groups is 3. The summed E-state index contributed by atoms with van der Waals surface area (Å²) in [5.41, 5.74) is -0.663. The van der Waals surface area contributed by atoms with Crippen LogP contribution < -0.4 is 10.6 Å². The van der Waals surface area contributed by atoms with Crippen LogP contribution in [-0.4, -0.2) is 30.1 Å². The normalized spacial score (nSPS) is 10.6. The largest absolute Gasteiger partial charge is 0.481 e.